The first-order valence-corrected chi connectivity index (χ1v) is 10.2. The Labute approximate surface area is 182 Å². The zero-order valence-corrected chi connectivity index (χ0v) is 17.7. The van der Waals surface area contributed by atoms with Crippen LogP contribution < -0.4 is 15.4 Å². The van der Waals surface area contributed by atoms with Gasteiger partial charge in [0, 0.05) is 21.3 Å². The number of halogens is 1. The van der Waals surface area contributed by atoms with E-state index in [4.69, 9.17) is 4.74 Å². The molecule has 4 rings (SSSR count). The number of amides is 2. The van der Waals surface area contributed by atoms with Crippen molar-refractivity contribution in [3.63, 3.8) is 0 Å². The van der Waals surface area contributed by atoms with Crippen molar-refractivity contribution in [2.24, 2.45) is 4.99 Å². The maximum absolute atomic E-state index is 12.5. The lowest BCUT2D eigenvalue weighted by molar-refractivity contribution is -0.110. The fraction of sp³-hybridized carbons (Fsp3) is 0.0870. The number of aliphatic imine (C=N–C) groups is 1. The molecule has 0 fully saturated rings. The van der Waals surface area contributed by atoms with Gasteiger partial charge in [-0.25, -0.2) is 4.99 Å². The normalized spacial score (nSPS) is 13.7. The van der Waals surface area contributed by atoms with Crippen molar-refractivity contribution in [3.05, 3.63) is 82.3 Å². The minimum atomic E-state index is -0.250. The number of fused-ring (bicyclic) bond motifs is 1. The summed E-state index contributed by atoms with van der Waals surface area (Å²) >= 11 is 3.42. The SMILES string of the molecule is CCOc1ccc(NC(=O)c2ccc(N=C3C(=O)Nc4ccc(Br)cc43)cc2)cc1. The number of hydrogen-bond donors (Lipinski definition) is 2. The van der Waals surface area contributed by atoms with Crippen LogP contribution in [0.3, 0.4) is 0 Å². The second kappa shape index (κ2) is 8.51. The van der Waals surface area contributed by atoms with Crippen molar-refractivity contribution in [1.82, 2.24) is 0 Å². The van der Waals surface area contributed by atoms with Gasteiger partial charge in [-0.2, -0.15) is 0 Å². The summed E-state index contributed by atoms with van der Waals surface area (Å²) in [5.74, 6) is 0.273. The predicted octanol–water partition coefficient (Wildman–Crippen LogP) is 5.17. The van der Waals surface area contributed by atoms with Gasteiger partial charge in [0.2, 0.25) is 0 Å². The van der Waals surface area contributed by atoms with Gasteiger partial charge in [0.1, 0.15) is 11.5 Å². The first-order chi connectivity index (χ1) is 14.5. The Hall–Kier alpha value is -3.45. The average molecular weight is 464 g/mol. The second-order valence-corrected chi connectivity index (χ2v) is 7.48. The van der Waals surface area contributed by atoms with Crippen LogP contribution in [0.2, 0.25) is 0 Å². The van der Waals surface area contributed by atoms with Crippen LogP contribution in [0.15, 0.2) is 76.2 Å². The molecule has 6 nitrogen and oxygen atoms in total. The van der Waals surface area contributed by atoms with E-state index in [1.54, 1.807) is 48.5 Å². The molecule has 0 atom stereocenters. The van der Waals surface area contributed by atoms with Crippen LogP contribution in [0.4, 0.5) is 17.1 Å². The summed E-state index contributed by atoms with van der Waals surface area (Å²) < 4.78 is 6.27. The summed E-state index contributed by atoms with van der Waals surface area (Å²) in [5, 5.41) is 5.65. The number of anilines is 2. The molecule has 1 aliphatic rings. The average Bonchev–Trinajstić information content (AvgIpc) is 3.05. The van der Waals surface area contributed by atoms with Crippen molar-refractivity contribution < 1.29 is 14.3 Å². The first kappa shape index (κ1) is 19.8. The number of ether oxygens (including phenoxy) is 1. The maximum atomic E-state index is 12.5. The number of nitrogens with zero attached hydrogens (tertiary/aromatic N) is 1. The molecule has 0 aliphatic carbocycles. The smallest absolute Gasteiger partial charge is 0.275 e. The van der Waals surface area contributed by atoms with Gasteiger partial charge in [0.15, 0.2) is 0 Å². The van der Waals surface area contributed by atoms with E-state index in [2.05, 4.69) is 31.6 Å². The van der Waals surface area contributed by atoms with E-state index in [9.17, 15) is 9.59 Å². The zero-order valence-electron chi connectivity index (χ0n) is 16.1. The van der Waals surface area contributed by atoms with Crippen LogP contribution in [0.5, 0.6) is 5.75 Å². The summed E-state index contributed by atoms with van der Waals surface area (Å²) in [4.78, 5) is 29.2. The quantitative estimate of drug-likeness (QED) is 0.547. The molecule has 0 radical (unpaired) electrons. The molecule has 150 valence electrons. The molecule has 30 heavy (non-hydrogen) atoms. The van der Waals surface area contributed by atoms with Crippen LogP contribution in [-0.4, -0.2) is 24.1 Å². The number of hydrogen-bond acceptors (Lipinski definition) is 4. The van der Waals surface area contributed by atoms with E-state index in [1.165, 1.54) is 0 Å². The van der Waals surface area contributed by atoms with Crippen LogP contribution in [-0.2, 0) is 4.79 Å². The predicted molar refractivity (Wildman–Crippen MR) is 121 cm³/mol. The lowest BCUT2D eigenvalue weighted by Crippen LogP contribution is -2.14. The Kier molecular flexibility index (Phi) is 5.63. The topological polar surface area (TPSA) is 79.8 Å². The van der Waals surface area contributed by atoms with Crippen molar-refractivity contribution in [3.8, 4) is 5.75 Å². The molecule has 3 aromatic carbocycles. The summed E-state index contributed by atoms with van der Waals surface area (Å²) in [6.45, 7) is 2.51. The van der Waals surface area contributed by atoms with Crippen molar-refractivity contribution in [2.75, 3.05) is 17.2 Å². The number of carbonyl (C=O) groups is 2. The molecule has 2 N–H and O–H groups in total. The molecule has 0 saturated heterocycles. The third kappa shape index (κ3) is 4.26. The fourth-order valence-electron chi connectivity index (χ4n) is 3.06. The van der Waals surface area contributed by atoms with Crippen LogP contribution in [0.25, 0.3) is 0 Å². The van der Waals surface area contributed by atoms with Crippen molar-refractivity contribution in [2.45, 2.75) is 6.92 Å². The minimum absolute atomic E-state index is 0.230. The molecule has 0 aromatic heterocycles. The van der Waals surface area contributed by atoms with E-state index in [1.807, 2.05) is 25.1 Å². The second-order valence-electron chi connectivity index (χ2n) is 6.56. The minimum Gasteiger partial charge on any atom is -0.494 e. The van der Waals surface area contributed by atoms with Gasteiger partial charge < -0.3 is 15.4 Å². The molecule has 0 bridgehead atoms. The maximum Gasteiger partial charge on any atom is 0.275 e. The van der Waals surface area contributed by atoms with Crippen molar-refractivity contribution in [1.29, 1.82) is 0 Å². The molecule has 3 aromatic rings. The van der Waals surface area contributed by atoms with Crippen LogP contribution in [0.1, 0.15) is 22.8 Å². The zero-order chi connectivity index (χ0) is 21.1. The number of benzene rings is 3. The van der Waals surface area contributed by atoms with Gasteiger partial charge in [-0.15, -0.1) is 0 Å². The Morgan fingerprint density at radius 2 is 1.80 bits per heavy atom. The molecule has 0 unspecified atom stereocenters. The molecule has 2 amide bonds. The molecule has 0 saturated carbocycles. The Morgan fingerprint density at radius 3 is 2.50 bits per heavy atom. The summed E-state index contributed by atoms with van der Waals surface area (Å²) in [6, 6.07) is 19.5. The lowest BCUT2D eigenvalue weighted by atomic mass is 10.1. The van der Waals surface area contributed by atoms with Gasteiger partial charge in [0.05, 0.1) is 18.0 Å². The Bertz CT molecular complexity index is 1140. The van der Waals surface area contributed by atoms with E-state index in [-0.39, 0.29) is 11.8 Å². The molecular formula is C23H18BrN3O3. The highest BCUT2D eigenvalue weighted by Crippen LogP contribution is 2.28. The fourth-order valence-corrected chi connectivity index (χ4v) is 3.42. The Morgan fingerprint density at radius 1 is 1.07 bits per heavy atom. The van der Waals surface area contributed by atoms with E-state index >= 15 is 0 Å². The third-order valence-corrected chi connectivity index (χ3v) is 4.99. The highest BCUT2D eigenvalue weighted by molar-refractivity contribution is 9.10. The Balaban J connectivity index is 1.49. The number of nitrogens with one attached hydrogen (secondary N) is 2. The number of rotatable bonds is 5. The summed E-state index contributed by atoms with van der Waals surface area (Å²) in [5.41, 5.74) is 3.58. The summed E-state index contributed by atoms with van der Waals surface area (Å²) in [7, 11) is 0. The van der Waals surface area contributed by atoms with Gasteiger partial charge in [-0.1, -0.05) is 15.9 Å². The van der Waals surface area contributed by atoms with Crippen LogP contribution in [0, 0.1) is 0 Å². The van der Waals surface area contributed by atoms with Crippen LogP contribution >= 0.6 is 15.9 Å². The van der Waals surface area contributed by atoms with Gasteiger partial charge in [-0.3, -0.25) is 9.59 Å². The van der Waals surface area contributed by atoms with Crippen molar-refractivity contribution >= 4 is 50.5 Å². The first-order valence-electron chi connectivity index (χ1n) is 9.38. The van der Waals surface area contributed by atoms with Gasteiger partial charge in [-0.05, 0) is 73.7 Å². The molecule has 0 spiro atoms. The molecule has 1 heterocycles. The van der Waals surface area contributed by atoms with Gasteiger partial charge in [0.25, 0.3) is 11.8 Å². The van der Waals surface area contributed by atoms with E-state index in [0.29, 0.717) is 29.3 Å². The van der Waals surface area contributed by atoms with E-state index < -0.39 is 0 Å². The third-order valence-electron chi connectivity index (χ3n) is 4.49. The standard InChI is InChI=1S/C23H18BrN3O3/c1-2-30-18-10-8-17(9-11-18)26-22(28)14-3-6-16(7-4-14)25-21-19-13-15(24)5-12-20(19)27-23(21)29/h3-13H,2H2,1H3,(H,26,28)(H,25,27,29). The number of carbonyl (C=O) groups excluding carboxylic acids is 2. The highest BCUT2D eigenvalue weighted by Gasteiger charge is 2.26. The molecule has 7 heteroatoms. The van der Waals surface area contributed by atoms with Gasteiger partial charge >= 0.3 is 0 Å². The molecular weight excluding hydrogens is 446 g/mol. The monoisotopic (exact) mass is 463 g/mol. The molecule has 1 aliphatic heterocycles. The summed E-state index contributed by atoms with van der Waals surface area (Å²) in [6.07, 6.45) is 0. The highest BCUT2D eigenvalue weighted by atomic mass is 79.9. The lowest BCUT2D eigenvalue weighted by Gasteiger charge is -2.07. The largest absolute Gasteiger partial charge is 0.494 e. The van der Waals surface area contributed by atoms with E-state index in [0.717, 1.165) is 21.5 Å².